The van der Waals surface area contributed by atoms with Crippen LogP contribution in [0.5, 0.6) is 0 Å². The van der Waals surface area contributed by atoms with Gasteiger partial charge in [0.05, 0.1) is 0 Å². The number of benzene rings is 6. The Balaban J connectivity index is 1.45. The van der Waals surface area contributed by atoms with E-state index in [0.29, 0.717) is 0 Å². The molecule has 0 aliphatic carbocycles. The Bertz CT molecular complexity index is 1960. The monoisotopic (exact) mass is 564 g/mol. The Kier molecular flexibility index (Phi) is 6.01. The van der Waals surface area contributed by atoms with E-state index in [1.54, 1.807) is 0 Å². The van der Waals surface area contributed by atoms with Crippen molar-refractivity contribution in [1.29, 1.82) is 0 Å². The van der Waals surface area contributed by atoms with Gasteiger partial charge < -0.3 is 0 Å². The predicted octanol–water partition coefficient (Wildman–Crippen LogP) is 7.98. The van der Waals surface area contributed by atoms with Crippen molar-refractivity contribution in [2.24, 2.45) is 0 Å². The fraction of sp³-hybridized carbons (Fsp3) is 0. The number of hydrogen-bond acceptors (Lipinski definition) is 2. The first-order valence-electron chi connectivity index (χ1n) is 13.0. The molecule has 0 unspecified atom stereocenters. The number of rotatable bonds is 4. The molecule has 0 bridgehead atoms. The van der Waals surface area contributed by atoms with E-state index in [2.05, 4.69) is 149 Å². The molecule has 6 aromatic carbocycles. The van der Waals surface area contributed by atoms with Crippen molar-refractivity contribution >= 4 is 42.3 Å². The van der Waals surface area contributed by atoms with Gasteiger partial charge in [-0.15, -0.1) is 0 Å². The molecule has 0 atom stereocenters. The van der Waals surface area contributed by atoms with Gasteiger partial charge in [0.2, 0.25) is 0 Å². The second-order valence-electron chi connectivity index (χ2n) is 9.59. The van der Waals surface area contributed by atoms with Gasteiger partial charge in [-0.05, 0) is 0 Å². The van der Waals surface area contributed by atoms with Gasteiger partial charge in [-0.3, -0.25) is 0 Å². The van der Waals surface area contributed by atoms with E-state index in [0.717, 1.165) is 49.9 Å². The predicted molar refractivity (Wildman–Crippen MR) is 166 cm³/mol. The Morgan fingerprint density at radius 1 is 0.436 bits per heavy atom. The molecule has 0 aliphatic heterocycles. The maximum absolute atomic E-state index is 5.31. The van der Waals surface area contributed by atoms with E-state index >= 15 is 0 Å². The molecule has 0 N–H and O–H groups in total. The molecule has 0 aliphatic rings. The second kappa shape index (κ2) is 9.96. The quantitative estimate of drug-likeness (QED) is 0.160. The molecule has 0 radical (unpaired) electrons. The first kappa shape index (κ1) is 23.5. The fourth-order valence-corrected chi connectivity index (χ4v) is 6.10. The van der Waals surface area contributed by atoms with Crippen LogP contribution in [0.2, 0.25) is 0 Å². The SMILES string of the molecule is [SeH]c1c(-c2ccccc2)cccc1-c1cccc(-c2nc3c(ccc4ccccc43)nc2-c2ccccc2)c1. The first-order chi connectivity index (χ1) is 19.3. The second-order valence-corrected chi connectivity index (χ2v) is 10.5. The third-order valence-corrected chi connectivity index (χ3v) is 8.19. The molecule has 39 heavy (non-hydrogen) atoms. The maximum atomic E-state index is 5.31. The average Bonchev–Trinajstić information content (AvgIpc) is 3.01. The van der Waals surface area contributed by atoms with Crippen molar-refractivity contribution in [3.05, 3.63) is 140 Å². The summed E-state index contributed by atoms with van der Waals surface area (Å²) in [6.07, 6.45) is 0. The van der Waals surface area contributed by atoms with Gasteiger partial charge in [-0.2, -0.15) is 0 Å². The van der Waals surface area contributed by atoms with Crippen LogP contribution in [0.15, 0.2) is 140 Å². The third kappa shape index (κ3) is 4.32. The van der Waals surface area contributed by atoms with Crippen LogP contribution in [-0.4, -0.2) is 26.0 Å². The molecule has 3 heteroatoms. The van der Waals surface area contributed by atoms with E-state index in [1.807, 2.05) is 6.07 Å². The van der Waals surface area contributed by atoms with Gasteiger partial charge in [-0.1, -0.05) is 0 Å². The molecule has 0 fully saturated rings. The van der Waals surface area contributed by atoms with Gasteiger partial charge in [0.25, 0.3) is 0 Å². The zero-order valence-electron chi connectivity index (χ0n) is 21.1. The molecule has 1 heterocycles. The Hall–Kier alpha value is -4.56. The summed E-state index contributed by atoms with van der Waals surface area (Å²) in [5.41, 5.74) is 10.5. The molecule has 0 saturated heterocycles. The number of hydrogen-bond donors (Lipinski definition) is 0. The van der Waals surface area contributed by atoms with E-state index in [-0.39, 0.29) is 0 Å². The van der Waals surface area contributed by atoms with E-state index in [9.17, 15) is 0 Å². The molecule has 0 spiro atoms. The molecule has 184 valence electrons. The molecule has 0 amide bonds. The van der Waals surface area contributed by atoms with Crippen LogP contribution in [0.25, 0.3) is 66.6 Å². The molecular weight excluding hydrogens is 539 g/mol. The van der Waals surface area contributed by atoms with Crippen LogP contribution in [0.4, 0.5) is 0 Å². The average molecular weight is 564 g/mol. The number of nitrogens with zero attached hydrogens (tertiary/aromatic N) is 2. The molecule has 1 aromatic heterocycles. The Labute approximate surface area is 235 Å². The van der Waals surface area contributed by atoms with Crippen molar-refractivity contribution in [2.75, 3.05) is 0 Å². The van der Waals surface area contributed by atoms with Crippen LogP contribution in [0, 0.1) is 0 Å². The summed E-state index contributed by atoms with van der Waals surface area (Å²) in [6.45, 7) is 0. The molecule has 7 aromatic rings. The summed E-state index contributed by atoms with van der Waals surface area (Å²) in [5, 5.41) is 2.28. The summed E-state index contributed by atoms with van der Waals surface area (Å²) in [5.74, 6) is 0. The standard InChI is InChI=1S/C36H24N2Se/c39-36-30(24-11-3-1-4-12-24)19-10-20-31(36)27-16-9-17-28(23-27)34-33(26-14-5-2-6-15-26)37-32-22-21-25-13-7-8-18-29(25)35(32)38-34/h1-23,39H. The molecule has 0 saturated carbocycles. The van der Waals surface area contributed by atoms with Crippen LogP contribution >= 0.6 is 0 Å². The Morgan fingerprint density at radius 3 is 1.82 bits per heavy atom. The minimum atomic E-state index is 0.887. The van der Waals surface area contributed by atoms with E-state index in [1.165, 1.54) is 21.2 Å². The summed E-state index contributed by atoms with van der Waals surface area (Å²) < 4.78 is 1.20. The van der Waals surface area contributed by atoms with E-state index < -0.39 is 0 Å². The van der Waals surface area contributed by atoms with Crippen LogP contribution in [-0.2, 0) is 0 Å². The molecule has 2 nitrogen and oxygen atoms in total. The Morgan fingerprint density at radius 2 is 1.03 bits per heavy atom. The van der Waals surface area contributed by atoms with Crippen LogP contribution in [0.3, 0.4) is 0 Å². The zero-order valence-corrected chi connectivity index (χ0v) is 23.0. The summed E-state index contributed by atoms with van der Waals surface area (Å²) in [6, 6.07) is 48.7. The molecular formula is C36H24N2Se. The van der Waals surface area contributed by atoms with Gasteiger partial charge in [0.15, 0.2) is 0 Å². The number of aromatic nitrogens is 2. The summed E-state index contributed by atoms with van der Waals surface area (Å²) >= 11 is 2.78. The van der Waals surface area contributed by atoms with Crippen LogP contribution < -0.4 is 4.46 Å². The van der Waals surface area contributed by atoms with Crippen molar-refractivity contribution in [3.8, 4) is 44.8 Å². The number of fused-ring (bicyclic) bond motifs is 3. The van der Waals surface area contributed by atoms with Gasteiger partial charge >= 0.3 is 237 Å². The van der Waals surface area contributed by atoms with E-state index in [4.69, 9.17) is 9.97 Å². The van der Waals surface area contributed by atoms with Crippen molar-refractivity contribution in [3.63, 3.8) is 0 Å². The van der Waals surface area contributed by atoms with Crippen molar-refractivity contribution in [1.82, 2.24) is 9.97 Å². The normalized spacial score (nSPS) is 11.2. The van der Waals surface area contributed by atoms with Crippen LogP contribution in [0.1, 0.15) is 0 Å². The fourth-order valence-electron chi connectivity index (χ4n) is 5.25. The topological polar surface area (TPSA) is 25.8 Å². The molecule has 7 rings (SSSR count). The third-order valence-electron chi connectivity index (χ3n) is 7.17. The summed E-state index contributed by atoms with van der Waals surface area (Å²) in [4.78, 5) is 10.5. The minimum absolute atomic E-state index is 0.887. The van der Waals surface area contributed by atoms with Gasteiger partial charge in [0, 0.05) is 0 Å². The first-order valence-corrected chi connectivity index (χ1v) is 13.9. The van der Waals surface area contributed by atoms with Gasteiger partial charge in [-0.25, -0.2) is 0 Å². The van der Waals surface area contributed by atoms with Crippen molar-refractivity contribution < 1.29 is 0 Å². The van der Waals surface area contributed by atoms with Gasteiger partial charge in [0.1, 0.15) is 0 Å². The van der Waals surface area contributed by atoms with Crippen molar-refractivity contribution in [2.45, 2.75) is 0 Å². The zero-order chi connectivity index (χ0) is 26.2. The summed E-state index contributed by atoms with van der Waals surface area (Å²) in [7, 11) is 0.